The van der Waals surface area contributed by atoms with Gasteiger partial charge in [0.2, 0.25) is 0 Å². The number of fused-ring (bicyclic) bond motifs is 9. The fourth-order valence-corrected chi connectivity index (χ4v) is 10.9. The van der Waals surface area contributed by atoms with E-state index < -0.39 is 0 Å². The van der Waals surface area contributed by atoms with Crippen LogP contribution in [0.25, 0.3) is 67.5 Å². The van der Waals surface area contributed by atoms with Crippen LogP contribution in [-0.4, -0.2) is 11.6 Å². The monoisotopic (exact) mass is 835 g/mol. The van der Waals surface area contributed by atoms with Gasteiger partial charge in [-0.2, -0.15) is 0 Å². The summed E-state index contributed by atoms with van der Waals surface area (Å²) in [5.41, 5.74) is 23.3. The molecule has 0 saturated heterocycles. The normalized spacial score (nSPS) is 14.7. The quantitative estimate of drug-likeness (QED) is 0.148. The maximum Gasteiger partial charge on any atom is 0.0700 e. The Balaban J connectivity index is 0.910. The Morgan fingerprint density at radius 2 is 1.32 bits per heavy atom. The maximum atomic E-state index is 4.10. The van der Waals surface area contributed by atoms with Gasteiger partial charge < -0.3 is 14.4 Å². The van der Waals surface area contributed by atoms with Crippen molar-refractivity contribution < 1.29 is 0 Å². The number of para-hydroxylation sites is 4. The van der Waals surface area contributed by atoms with E-state index in [2.05, 4.69) is 242 Å². The Morgan fingerprint density at radius 3 is 2.18 bits per heavy atom. The predicted molar refractivity (Wildman–Crippen MR) is 278 cm³/mol. The number of benzene rings is 8. The molecule has 65 heavy (non-hydrogen) atoms. The van der Waals surface area contributed by atoms with Crippen molar-refractivity contribution in [2.75, 3.05) is 16.8 Å². The van der Waals surface area contributed by atoms with Crippen LogP contribution in [0, 0.1) is 0 Å². The first-order valence-electron chi connectivity index (χ1n) is 22.8. The maximum absolute atomic E-state index is 4.10. The molecule has 0 N–H and O–H groups in total. The number of aromatic nitrogens is 1. The van der Waals surface area contributed by atoms with Gasteiger partial charge in [-0.15, -0.1) is 0 Å². The van der Waals surface area contributed by atoms with Gasteiger partial charge in [-0.1, -0.05) is 154 Å². The van der Waals surface area contributed by atoms with Gasteiger partial charge in [-0.25, -0.2) is 0 Å². The number of rotatable bonds is 7. The van der Waals surface area contributed by atoms with Gasteiger partial charge in [-0.05, 0) is 147 Å². The first kappa shape index (κ1) is 38.8. The Morgan fingerprint density at radius 1 is 0.600 bits per heavy atom. The fourth-order valence-electron chi connectivity index (χ4n) is 10.9. The number of anilines is 5. The van der Waals surface area contributed by atoms with Crippen LogP contribution in [0.3, 0.4) is 0 Å². The van der Waals surface area contributed by atoms with Crippen LogP contribution in [0.1, 0.15) is 53.6 Å². The summed E-state index contributed by atoms with van der Waals surface area (Å²) in [6.07, 6.45) is 15.2. The highest BCUT2D eigenvalue weighted by Gasteiger charge is 2.37. The molecule has 0 unspecified atom stereocenters. The predicted octanol–water partition coefficient (Wildman–Crippen LogP) is 16.6. The van der Waals surface area contributed by atoms with Crippen molar-refractivity contribution >= 4 is 68.0 Å². The van der Waals surface area contributed by atoms with Crippen molar-refractivity contribution in [3.8, 4) is 27.9 Å². The average Bonchev–Trinajstić information content (AvgIpc) is 3.80. The number of hydrogen-bond acceptors (Lipinski definition) is 2. The minimum Gasteiger partial charge on any atom is -0.341 e. The Kier molecular flexibility index (Phi) is 9.03. The fraction of sp³-hybridized carbons (Fsp3) is 0.0968. The summed E-state index contributed by atoms with van der Waals surface area (Å²) in [6.45, 7) is 8.89. The Labute approximate surface area is 381 Å². The minimum atomic E-state index is -0.214. The van der Waals surface area contributed by atoms with Crippen LogP contribution >= 0.6 is 0 Å². The van der Waals surface area contributed by atoms with E-state index in [9.17, 15) is 0 Å². The molecule has 8 aromatic carbocycles. The molecule has 1 aromatic heterocycles. The molecule has 12 rings (SSSR count). The third kappa shape index (κ3) is 6.18. The van der Waals surface area contributed by atoms with Crippen LogP contribution in [-0.2, 0) is 11.8 Å². The van der Waals surface area contributed by atoms with E-state index in [1.54, 1.807) is 0 Å². The van der Waals surface area contributed by atoms with E-state index in [-0.39, 0.29) is 5.41 Å². The SMILES string of the molecule is C=C/C=C(\C=C/c1cccc2c1CCC=C2)c1ccc2c(c1)N(C)c1ccccc1N2c1ccc2c(c1)C(C)(C)c1cc(-c3ccc4c(c3)c3ccccc3n4-c3ccccc3)ccc1-2. The second kappa shape index (κ2) is 15.1. The molecule has 312 valence electrons. The zero-order chi connectivity index (χ0) is 43.8. The van der Waals surface area contributed by atoms with E-state index >= 15 is 0 Å². The summed E-state index contributed by atoms with van der Waals surface area (Å²) in [5, 5.41) is 2.53. The highest BCUT2D eigenvalue weighted by molar-refractivity contribution is 6.10. The molecule has 0 bridgehead atoms. The van der Waals surface area contributed by atoms with E-state index in [0.29, 0.717) is 0 Å². The molecule has 0 fully saturated rings. The lowest BCUT2D eigenvalue weighted by Gasteiger charge is -2.39. The molecule has 0 atom stereocenters. The van der Waals surface area contributed by atoms with Crippen molar-refractivity contribution in [3.63, 3.8) is 0 Å². The Bertz CT molecular complexity index is 3500. The van der Waals surface area contributed by atoms with E-state index in [4.69, 9.17) is 0 Å². The van der Waals surface area contributed by atoms with Gasteiger partial charge in [0.05, 0.1) is 33.8 Å². The standard InChI is InChI=1S/C62H49N3/c1-5-16-41(27-28-43-19-15-18-42-17-9-10-22-49(42)43)46-31-36-60-61(39-46)63(4)58-25-13-14-26-59(58)65(60)48-32-34-51-50-33-29-45(38-54(50)62(2,3)55(51)40-48)44-30-35-57-53(37-44)52-23-11-12-24-56(52)64(57)47-20-7-6-8-21-47/h5-9,11-21,23-40H,1,10,22H2,2-4H3/b28-27-,41-16+. The molecule has 9 aromatic rings. The summed E-state index contributed by atoms with van der Waals surface area (Å²) in [6, 6.07) is 63.0. The molecule has 2 aliphatic carbocycles. The summed E-state index contributed by atoms with van der Waals surface area (Å²) in [4.78, 5) is 4.79. The molecule has 3 aliphatic rings. The highest BCUT2D eigenvalue weighted by atomic mass is 15.3. The molecule has 1 aliphatic heterocycles. The number of nitrogens with zero attached hydrogens (tertiary/aromatic N) is 3. The molecule has 3 heteroatoms. The first-order chi connectivity index (χ1) is 31.9. The van der Waals surface area contributed by atoms with Crippen molar-refractivity contribution in [2.45, 2.75) is 32.1 Å². The third-order valence-electron chi connectivity index (χ3n) is 14.2. The zero-order valence-corrected chi connectivity index (χ0v) is 37.1. The van der Waals surface area contributed by atoms with Crippen molar-refractivity contribution in [3.05, 3.63) is 234 Å². The van der Waals surface area contributed by atoms with Crippen molar-refractivity contribution in [1.29, 1.82) is 0 Å². The van der Waals surface area contributed by atoms with Crippen molar-refractivity contribution in [1.82, 2.24) is 4.57 Å². The third-order valence-corrected chi connectivity index (χ3v) is 14.2. The van der Waals surface area contributed by atoms with Crippen LogP contribution in [0.5, 0.6) is 0 Å². The smallest absolute Gasteiger partial charge is 0.0700 e. The average molecular weight is 836 g/mol. The van der Waals surface area contributed by atoms with Gasteiger partial charge in [0.25, 0.3) is 0 Å². The minimum absolute atomic E-state index is 0.214. The van der Waals surface area contributed by atoms with Gasteiger partial charge >= 0.3 is 0 Å². The number of allylic oxidation sites excluding steroid dienone is 5. The van der Waals surface area contributed by atoms with Gasteiger partial charge in [0.1, 0.15) is 0 Å². The molecule has 3 nitrogen and oxygen atoms in total. The summed E-state index contributed by atoms with van der Waals surface area (Å²) in [7, 11) is 2.19. The van der Waals surface area contributed by atoms with Crippen LogP contribution in [0.2, 0.25) is 0 Å². The Hall–Kier alpha value is -7.88. The molecule has 0 amide bonds. The van der Waals surface area contributed by atoms with Crippen LogP contribution < -0.4 is 9.80 Å². The second-order valence-corrected chi connectivity index (χ2v) is 18.2. The molecular formula is C62H49N3. The summed E-state index contributed by atoms with van der Waals surface area (Å²) < 4.78 is 2.38. The lowest BCUT2D eigenvalue weighted by atomic mass is 9.81. The second-order valence-electron chi connectivity index (χ2n) is 18.2. The van der Waals surface area contributed by atoms with E-state index in [0.717, 1.165) is 41.0 Å². The molecule has 0 saturated carbocycles. The van der Waals surface area contributed by atoms with Gasteiger partial charge in [0, 0.05) is 34.6 Å². The van der Waals surface area contributed by atoms with E-state index in [1.807, 2.05) is 6.08 Å². The molecular weight excluding hydrogens is 787 g/mol. The molecule has 0 spiro atoms. The topological polar surface area (TPSA) is 11.4 Å². The lowest BCUT2D eigenvalue weighted by Crippen LogP contribution is -2.24. The van der Waals surface area contributed by atoms with Crippen LogP contribution in [0.15, 0.2) is 201 Å². The first-order valence-corrected chi connectivity index (χ1v) is 22.8. The van der Waals surface area contributed by atoms with Crippen molar-refractivity contribution in [2.24, 2.45) is 0 Å². The summed E-state index contributed by atoms with van der Waals surface area (Å²) in [5.74, 6) is 0. The van der Waals surface area contributed by atoms with Crippen LogP contribution in [0.4, 0.5) is 28.4 Å². The van der Waals surface area contributed by atoms with Gasteiger partial charge in [-0.3, -0.25) is 0 Å². The van der Waals surface area contributed by atoms with Gasteiger partial charge in [0.15, 0.2) is 0 Å². The van der Waals surface area contributed by atoms with E-state index in [1.165, 1.54) is 88.9 Å². The molecule has 0 radical (unpaired) electrons. The largest absolute Gasteiger partial charge is 0.341 e. The lowest BCUT2D eigenvalue weighted by molar-refractivity contribution is 0.660. The number of hydrogen-bond donors (Lipinski definition) is 0. The summed E-state index contributed by atoms with van der Waals surface area (Å²) >= 11 is 0. The highest BCUT2D eigenvalue weighted by Crippen LogP contribution is 2.55. The molecule has 2 heterocycles. The zero-order valence-electron chi connectivity index (χ0n) is 37.1.